The maximum absolute atomic E-state index is 11.9. The lowest BCUT2D eigenvalue weighted by atomic mass is 10.2. The molecule has 1 aromatic heterocycles. The van der Waals surface area contributed by atoms with Crippen LogP contribution < -0.4 is 5.32 Å². The first kappa shape index (κ1) is 11.4. The minimum Gasteiger partial charge on any atom is -0.371 e. The van der Waals surface area contributed by atoms with Crippen molar-refractivity contribution in [2.75, 3.05) is 26.0 Å². The molecule has 1 N–H and O–H groups in total. The van der Waals surface area contributed by atoms with Gasteiger partial charge in [-0.15, -0.1) is 0 Å². The van der Waals surface area contributed by atoms with Crippen molar-refractivity contribution in [2.24, 2.45) is 0 Å². The molecule has 1 unspecified atom stereocenters. The van der Waals surface area contributed by atoms with Gasteiger partial charge in [0.1, 0.15) is 6.04 Å². The summed E-state index contributed by atoms with van der Waals surface area (Å²) in [6, 6.07) is 2.91. The number of pyridine rings is 1. The van der Waals surface area contributed by atoms with Gasteiger partial charge in [-0.3, -0.25) is 14.7 Å². The predicted octanol–water partition coefficient (Wildman–Crippen LogP) is 0.386. The maximum Gasteiger partial charge on any atom is 0.326 e. The topological polar surface area (TPSA) is 65.5 Å². The number of aromatic nitrogens is 1. The molecule has 0 aromatic carbocycles. The Bertz CT molecular complexity index is 434. The zero-order valence-corrected chi connectivity index (χ0v) is 9.75. The Kier molecular flexibility index (Phi) is 2.95. The summed E-state index contributed by atoms with van der Waals surface area (Å²) in [6.07, 6.45) is 3.30. The molecule has 2 rings (SSSR count). The molecule has 2 heterocycles. The van der Waals surface area contributed by atoms with E-state index >= 15 is 0 Å². The van der Waals surface area contributed by atoms with Crippen LogP contribution in [0.1, 0.15) is 0 Å². The molecule has 1 aromatic rings. The summed E-state index contributed by atoms with van der Waals surface area (Å²) >= 11 is 0. The number of likely N-dealkylation sites (N-methyl/N-ethyl adjacent to an activating group) is 2. The lowest BCUT2D eigenvalue weighted by Crippen LogP contribution is -2.58. The Morgan fingerprint density at radius 2 is 2.18 bits per heavy atom. The van der Waals surface area contributed by atoms with Crippen molar-refractivity contribution >= 4 is 17.6 Å². The number of nitrogens with one attached hydrogen (secondary N) is 1. The highest BCUT2D eigenvalue weighted by Crippen LogP contribution is 2.12. The number of carbonyl (C=O) groups excluding carboxylic acids is 2. The summed E-state index contributed by atoms with van der Waals surface area (Å²) in [4.78, 5) is 30.0. The van der Waals surface area contributed by atoms with Gasteiger partial charge in [-0.05, 0) is 12.1 Å². The van der Waals surface area contributed by atoms with Gasteiger partial charge >= 0.3 is 6.03 Å². The summed E-state index contributed by atoms with van der Waals surface area (Å²) in [7, 11) is 3.15. The van der Waals surface area contributed by atoms with Crippen LogP contribution in [0.25, 0.3) is 0 Å². The van der Waals surface area contributed by atoms with Crippen molar-refractivity contribution < 1.29 is 9.59 Å². The van der Waals surface area contributed by atoms with E-state index in [-0.39, 0.29) is 11.9 Å². The van der Waals surface area contributed by atoms with E-state index < -0.39 is 6.04 Å². The summed E-state index contributed by atoms with van der Waals surface area (Å²) in [6.45, 7) is 0.358. The Labute approximate surface area is 99.2 Å². The Morgan fingerprint density at radius 1 is 1.41 bits per heavy atom. The highest BCUT2D eigenvalue weighted by atomic mass is 16.2. The molecule has 1 saturated heterocycles. The fourth-order valence-electron chi connectivity index (χ4n) is 1.77. The monoisotopic (exact) mass is 234 g/mol. The van der Waals surface area contributed by atoms with Crippen molar-refractivity contribution in [1.82, 2.24) is 14.8 Å². The quantitative estimate of drug-likeness (QED) is 0.803. The van der Waals surface area contributed by atoms with Crippen LogP contribution in [0.15, 0.2) is 24.5 Å². The third-order valence-corrected chi connectivity index (χ3v) is 2.70. The molecule has 1 atom stereocenters. The molecular formula is C11H14N4O2. The van der Waals surface area contributed by atoms with Gasteiger partial charge in [0.2, 0.25) is 0 Å². The lowest BCUT2D eigenvalue weighted by molar-refractivity contribution is -0.130. The fourth-order valence-corrected chi connectivity index (χ4v) is 1.77. The van der Waals surface area contributed by atoms with Crippen LogP contribution in [-0.4, -0.2) is 53.4 Å². The second kappa shape index (κ2) is 4.40. The van der Waals surface area contributed by atoms with Crippen molar-refractivity contribution in [2.45, 2.75) is 6.04 Å². The van der Waals surface area contributed by atoms with E-state index in [0.29, 0.717) is 6.54 Å². The van der Waals surface area contributed by atoms with E-state index in [0.717, 1.165) is 10.6 Å². The number of hydrogen-bond donors (Lipinski definition) is 1. The largest absolute Gasteiger partial charge is 0.371 e. The molecule has 1 aliphatic heterocycles. The number of carbonyl (C=O) groups is 2. The zero-order valence-electron chi connectivity index (χ0n) is 9.75. The van der Waals surface area contributed by atoms with Crippen LogP contribution in [0.2, 0.25) is 0 Å². The second-order valence-corrected chi connectivity index (χ2v) is 4.00. The van der Waals surface area contributed by atoms with E-state index in [4.69, 9.17) is 0 Å². The van der Waals surface area contributed by atoms with Gasteiger partial charge in [0.15, 0.2) is 0 Å². The molecule has 3 amide bonds. The summed E-state index contributed by atoms with van der Waals surface area (Å²) in [5, 5.41) is 3.06. The number of nitrogens with zero attached hydrogens (tertiary/aromatic N) is 3. The van der Waals surface area contributed by atoms with E-state index in [2.05, 4.69) is 10.3 Å². The first-order valence-corrected chi connectivity index (χ1v) is 5.29. The van der Waals surface area contributed by atoms with Crippen molar-refractivity contribution in [3.63, 3.8) is 0 Å². The number of anilines is 1. The van der Waals surface area contributed by atoms with Gasteiger partial charge < -0.3 is 10.2 Å². The molecule has 0 aliphatic carbocycles. The lowest BCUT2D eigenvalue weighted by Gasteiger charge is -2.35. The highest BCUT2D eigenvalue weighted by molar-refractivity contribution is 6.00. The minimum atomic E-state index is -0.424. The van der Waals surface area contributed by atoms with Gasteiger partial charge in [-0.1, -0.05) is 0 Å². The standard InChI is InChI=1S/C11H14N4O2/c1-14-7-9(10(16)15(2)11(14)17)13-8-4-3-5-12-6-8/h3-6,9,13H,7H2,1-2H3. The average molecular weight is 234 g/mol. The Hall–Kier alpha value is -2.11. The molecule has 6 heteroatoms. The maximum atomic E-state index is 11.9. The first-order chi connectivity index (χ1) is 8.09. The summed E-state index contributed by atoms with van der Waals surface area (Å²) in [5.41, 5.74) is 0.766. The van der Waals surface area contributed by atoms with Gasteiger partial charge in [0, 0.05) is 26.5 Å². The van der Waals surface area contributed by atoms with Gasteiger partial charge in [0.25, 0.3) is 5.91 Å². The minimum absolute atomic E-state index is 0.225. The predicted molar refractivity (Wildman–Crippen MR) is 62.4 cm³/mol. The van der Waals surface area contributed by atoms with E-state index in [1.807, 2.05) is 6.07 Å². The van der Waals surface area contributed by atoms with Crippen LogP contribution in [0.5, 0.6) is 0 Å². The average Bonchev–Trinajstić information content (AvgIpc) is 2.35. The molecule has 0 saturated carbocycles. The number of imide groups is 1. The van der Waals surface area contributed by atoms with Crippen LogP contribution in [-0.2, 0) is 4.79 Å². The van der Waals surface area contributed by atoms with Gasteiger partial charge in [-0.25, -0.2) is 4.79 Å². The van der Waals surface area contributed by atoms with Gasteiger partial charge in [-0.2, -0.15) is 0 Å². The van der Waals surface area contributed by atoms with Crippen LogP contribution >= 0.6 is 0 Å². The third kappa shape index (κ3) is 2.20. The number of amides is 3. The molecular weight excluding hydrogens is 220 g/mol. The SMILES string of the molecule is CN1CC(Nc2cccnc2)C(=O)N(C)C1=O. The number of hydrogen-bond acceptors (Lipinski definition) is 4. The van der Waals surface area contributed by atoms with Crippen LogP contribution in [0.4, 0.5) is 10.5 Å². The first-order valence-electron chi connectivity index (χ1n) is 5.29. The Balaban J connectivity index is 2.12. The van der Waals surface area contributed by atoms with Crippen molar-refractivity contribution in [3.8, 4) is 0 Å². The molecule has 17 heavy (non-hydrogen) atoms. The smallest absolute Gasteiger partial charge is 0.326 e. The molecule has 90 valence electrons. The Morgan fingerprint density at radius 3 is 2.82 bits per heavy atom. The van der Waals surface area contributed by atoms with E-state index in [1.54, 1.807) is 25.5 Å². The highest BCUT2D eigenvalue weighted by Gasteiger charge is 2.34. The normalized spacial score (nSPS) is 20.7. The molecule has 6 nitrogen and oxygen atoms in total. The van der Waals surface area contributed by atoms with E-state index in [1.165, 1.54) is 11.9 Å². The fraction of sp³-hybridized carbons (Fsp3) is 0.364. The summed E-state index contributed by atoms with van der Waals surface area (Å²) in [5.74, 6) is -0.225. The number of rotatable bonds is 2. The van der Waals surface area contributed by atoms with Crippen molar-refractivity contribution in [1.29, 1.82) is 0 Å². The second-order valence-electron chi connectivity index (χ2n) is 4.00. The van der Waals surface area contributed by atoms with E-state index in [9.17, 15) is 9.59 Å². The molecule has 1 aliphatic rings. The number of urea groups is 1. The molecule has 0 bridgehead atoms. The molecule has 1 fully saturated rings. The van der Waals surface area contributed by atoms with Crippen molar-refractivity contribution in [3.05, 3.63) is 24.5 Å². The zero-order chi connectivity index (χ0) is 12.4. The van der Waals surface area contributed by atoms with Gasteiger partial charge in [0.05, 0.1) is 12.2 Å². The molecule has 0 spiro atoms. The molecule has 0 radical (unpaired) electrons. The van der Waals surface area contributed by atoms with Crippen LogP contribution in [0.3, 0.4) is 0 Å². The third-order valence-electron chi connectivity index (χ3n) is 2.70. The summed E-state index contributed by atoms with van der Waals surface area (Å²) < 4.78 is 0. The van der Waals surface area contributed by atoms with Crippen LogP contribution in [0, 0.1) is 0 Å².